The van der Waals surface area contributed by atoms with E-state index in [-0.39, 0.29) is 11.9 Å². The second-order valence-electron chi connectivity index (χ2n) is 4.17. The van der Waals surface area contributed by atoms with Crippen molar-refractivity contribution >= 4 is 0 Å². The van der Waals surface area contributed by atoms with Crippen molar-refractivity contribution in [2.45, 2.75) is 58.7 Å². The van der Waals surface area contributed by atoms with Crippen LogP contribution in [0.2, 0.25) is 0 Å². The second kappa shape index (κ2) is 5.50. The summed E-state index contributed by atoms with van der Waals surface area (Å²) < 4.78 is 18.7. The molecule has 0 aliphatic heterocycles. The fourth-order valence-corrected chi connectivity index (χ4v) is 1.75. The van der Waals surface area contributed by atoms with E-state index in [0.717, 1.165) is 12.3 Å². The van der Waals surface area contributed by atoms with E-state index in [1.807, 2.05) is 6.92 Å². The van der Waals surface area contributed by atoms with E-state index in [9.17, 15) is 4.39 Å². The number of halogens is 1. The molecule has 1 nitrogen and oxygen atoms in total. The van der Waals surface area contributed by atoms with Gasteiger partial charge in [-0.2, -0.15) is 0 Å². The van der Waals surface area contributed by atoms with Gasteiger partial charge in [0, 0.05) is 6.42 Å². The number of rotatable bonds is 6. The Hall–Kier alpha value is -0.370. The van der Waals surface area contributed by atoms with Crippen LogP contribution in [0.25, 0.3) is 0 Å². The fraction of sp³-hybridized carbons (Fsp3) is 0.833. The maximum absolute atomic E-state index is 12.9. The molecule has 2 atom stereocenters. The average molecular weight is 200 g/mol. The first kappa shape index (κ1) is 11.7. The summed E-state index contributed by atoms with van der Waals surface area (Å²) in [5.41, 5.74) is 0. The van der Waals surface area contributed by atoms with Crippen LogP contribution in [0.5, 0.6) is 0 Å². The molecule has 0 heterocycles. The molecule has 0 aromatic carbocycles. The first-order chi connectivity index (χ1) is 6.67. The van der Waals surface area contributed by atoms with Gasteiger partial charge in [0.25, 0.3) is 0 Å². The predicted octanol–water partition coefficient (Wildman–Crippen LogP) is 3.84. The lowest BCUT2D eigenvalue weighted by Crippen LogP contribution is -2.21. The van der Waals surface area contributed by atoms with E-state index in [1.165, 1.54) is 18.9 Å². The highest BCUT2D eigenvalue weighted by Crippen LogP contribution is 2.36. The van der Waals surface area contributed by atoms with Crippen molar-refractivity contribution in [3.8, 4) is 0 Å². The largest absolute Gasteiger partial charge is 0.375 e. The average Bonchev–Trinajstić information content (AvgIpc) is 2.97. The molecule has 2 unspecified atom stereocenters. The van der Waals surface area contributed by atoms with Crippen LogP contribution in [0.15, 0.2) is 11.9 Å². The molecule has 1 rings (SSSR count). The van der Waals surface area contributed by atoms with Gasteiger partial charge in [0.1, 0.15) is 0 Å². The first-order valence-electron chi connectivity index (χ1n) is 5.63. The lowest BCUT2D eigenvalue weighted by Gasteiger charge is -2.20. The van der Waals surface area contributed by atoms with E-state index in [0.29, 0.717) is 12.5 Å². The van der Waals surface area contributed by atoms with Gasteiger partial charge in [0.15, 0.2) is 0 Å². The van der Waals surface area contributed by atoms with Crippen LogP contribution in [-0.2, 0) is 4.74 Å². The minimum absolute atomic E-state index is 0.0109. The summed E-state index contributed by atoms with van der Waals surface area (Å²) in [6, 6.07) is 0. The number of hydrogen-bond acceptors (Lipinski definition) is 1. The predicted molar refractivity (Wildman–Crippen MR) is 56.8 cm³/mol. The zero-order valence-corrected chi connectivity index (χ0v) is 9.42. The summed E-state index contributed by atoms with van der Waals surface area (Å²) in [6.07, 6.45) is 5.92. The van der Waals surface area contributed by atoms with Gasteiger partial charge < -0.3 is 4.74 Å². The van der Waals surface area contributed by atoms with Gasteiger partial charge in [-0.25, -0.2) is 4.39 Å². The zero-order valence-electron chi connectivity index (χ0n) is 9.42. The van der Waals surface area contributed by atoms with E-state index in [4.69, 9.17) is 4.74 Å². The molecule has 0 aromatic heterocycles. The highest BCUT2D eigenvalue weighted by atomic mass is 19.1. The van der Waals surface area contributed by atoms with Gasteiger partial charge in [-0.05, 0) is 39.0 Å². The minimum atomic E-state index is -0.0665. The van der Waals surface area contributed by atoms with Crippen molar-refractivity contribution in [1.82, 2.24) is 0 Å². The molecule has 0 aromatic rings. The van der Waals surface area contributed by atoms with Crippen LogP contribution in [-0.4, -0.2) is 12.2 Å². The smallest absolute Gasteiger partial charge is 0.0982 e. The van der Waals surface area contributed by atoms with Crippen LogP contribution < -0.4 is 0 Å². The van der Waals surface area contributed by atoms with E-state index in [1.54, 1.807) is 6.92 Å². The van der Waals surface area contributed by atoms with Crippen molar-refractivity contribution in [3.05, 3.63) is 11.9 Å². The Morgan fingerprint density at radius 2 is 2.21 bits per heavy atom. The number of allylic oxidation sites excluding steroid dienone is 1. The Bertz CT molecular complexity index is 196. The Morgan fingerprint density at radius 3 is 2.64 bits per heavy atom. The molecule has 82 valence electrons. The van der Waals surface area contributed by atoms with Gasteiger partial charge in [-0.3, -0.25) is 0 Å². The number of ether oxygens (including phenoxy) is 1. The first-order valence-corrected chi connectivity index (χ1v) is 5.63. The quantitative estimate of drug-likeness (QED) is 0.633. The number of hydrogen-bond donors (Lipinski definition) is 0. The Kier molecular flexibility index (Phi) is 4.59. The van der Waals surface area contributed by atoms with E-state index < -0.39 is 0 Å². The van der Waals surface area contributed by atoms with Crippen molar-refractivity contribution in [2.24, 2.45) is 5.92 Å². The lowest BCUT2D eigenvalue weighted by atomic mass is 10.1. The van der Waals surface area contributed by atoms with Gasteiger partial charge in [-0.15, -0.1) is 0 Å². The molecule has 1 aliphatic rings. The maximum atomic E-state index is 12.9. The van der Waals surface area contributed by atoms with Crippen molar-refractivity contribution in [2.75, 3.05) is 0 Å². The summed E-state index contributed by atoms with van der Waals surface area (Å²) in [5, 5.41) is 0. The van der Waals surface area contributed by atoms with Crippen LogP contribution in [0.1, 0.15) is 46.5 Å². The Morgan fingerprint density at radius 1 is 1.57 bits per heavy atom. The molecule has 14 heavy (non-hydrogen) atoms. The minimum Gasteiger partial charge on any atom is -0.375 e. The molecule has 0 radical (unpaired) electrons. The van der Waals surface area contributed by atoms with Crippen LogP contribution in [0, 0.1) is 5.92 Å². The van der Waals surface area contributed by atoms with E-state index >= 15 is 0 Å². The third-order valence-corrected chi connectivity index (χ3v) is 2.75. The molecule has 2 heteroatoms. The van der Waals surface area contributed by atoms with Gasteiger partial charge >= 0.3 is 0 Å². The topological polar surface area (TPSA) is 9.23 Å². The third-order valence-electron chi connectivity index (χ3n) is 2.75. The third kappa shape index (κ3) is 3.79. The van der Waals surface area contributed by atoms with Crippen molar-refractivity contribution in [1.29, 1.82) is 0 Å². The SMILES string of the molecule is CC=C(F)CC(C)OC(CC)C1CC1. The van der Waals surface area contributed by atoms with Gasteiger partial charge in [0.05, 0.1) is 18.0 Å². The van der Waals surface area contributed by atoms with Gasteiger partial charge in [-0.1, -0.05) is 13.0 Å². The zero-order chi connectivity index (χ0) is 10.6. The van der Waals surface area contributed by atoms with Crippen LogP contribution in [0.3, 0.4) is 0 Å². The monoisotopic (exact) mass is 200 g/mol. The molecule has 0 N–H and O–H groups in total. The fourth-order valence-electron chi connectivity index (χ4n) is 1.75. The Labute approximate surface area is 86.3 Å². The lowest BCUT2D eigenvalue weighted by molar-refractivity contribution is -0.0175. The molecule has 0 saturated heterocycles. The normalized spacial score (nSPS) is 22.1. The summed E-state index contributed by atoms with van der Waals surface area (Å²) >= 11 is 0. The maximum Gasteiger partial charge on any atom is 0.0982 e. The summed E-state index contributed by atoms with van der Waals surface area (Å²) in [4.78, 5) is 0. The van der Waals surface area contributed by atoms with Crippen molar-refractivity contribution in [3.63, 3.8) is 0 Å². The van der Waals surface area contributed by atoms with E-state index in [2.05, 4.69) is 6.92 Å². The molecule has 0 amide bonds. The molecule has 1 aliphatic carbocycles. The van der Waals surface area contributed by atoms with Crippen LogP contribution in [0.4, 0.5) is 4.39 Å². The molecule has 1 saturated carbocycles. The highest BCUT2D eigenvalue weighted by molar-refractivity contribution is 4.91. The Balaban J connectivity index is 2.26. The molecule has 0 bridgehead atoms. The highest BCUT2D eigenvalue weighted by Gasteiger charge is 2.31. The van der Waals surface area contributed by atoms with Crippen LogP contribution >= 0.6 is 0 Å². The molecular weight excluding hydrogens is 179 g/mol. The molecule has 0 spiro atoms. The summed E-state index contributed by atoms with van der Waals surface area (Å²) in [6.45, 7) is 5.82. The molecular formula is C12H21FO. The second-order valence-corrected chi connectivity index (χ2v) is 4.17. The molecule has 1 fully saturated rings. The standard InChI is InChI=1S/C12H21FO/c1-4-11(13)8-9(3)14-12(5-2)10-6-7-10/h4,9-10,12H,5-8H2,1-3H3. The summed E-state index contributed by atoms with van der Waals surface area (Å²) in [7, 11) is 0. The van der Waals surface area contributed by atoms with Gasteiger partial charge in [0.2, 0.25) is 0 Å². The van der Waals surface area contributed by atoms with Crippen molar-refractivity contribution < 1.29 is 9.13 Å². The summed E-state index contributed by atoms with van der Waals surface area (Å²) in [5.74, 6) is 0.680.